The summed E-state index contributed by atoms with van der Waals surface area (Å²) in [7, 11) is 0. The molecule has 0 unspecified atom stereocenters. The van der Waals surface area contributed by atoms with Crippen molar-refractivity contribution in [3.63, 3.8) is 0 Å². The van der Waals surface area contributed by atoms with Gasteiger partial charge in [0.1, 0.15) is 11.4 Å². The lowest BCUT2D eigenvalue weighted by Gasteiger charge is -2.16. The van der Waals surface area contributed by atoms with Gasteiger partial charge in [-0.05, 0) is 13.3 Å². The number of nitrogens with zero attached hydrogens (tertiary/aromatic N) is 2. The van der Waals surface area contributed by atoms with Crippen molar-refractivity contribution in [1.29, 1.82) is 0 Å². The summed E-state index contributed by atoms with van der Waals surface area (Å²) in [4.78, 5) is 11.5. The van der Waals surface area contributed by atoms with Crippen LogP contribution >= 0.6 is 0 Å². The Morgan fingerprint density at radius 1 is 1.79 bits per heavy atom. The van der Waals surface area contributed by atoms with Crippen LogP contribution in [0.1, 0.15) is 23.7 Å². The Morgan fingerprint density at radius 2 is 2.64 bits per heavy atom. The first kappa shape index (κ1) is 9.05. The van der Waals surface area contributed by atoms with Crippen LogP contribution in [0.15, 0.2) is 6.20 Å². The molecule has 0 saturated carbocycles. The first-order valence-corrected chi connectivity index (χ1v) is 4.79. The van der Waals surface area contributed by atoms with Crippen molar-refractivity contribution in [1.82, 2.24) is 9.78 Å². The number of anilines is 1. The lowest BCUT2D eigenvalue weighted by atomic mass is 10.3. The zero-order valence-corrected chi connectivity index (χ0v) is 8.12. The molecule has 2 heterocycles. The quantitative estimate of drug-likeness (QED) is 0.711. The predicted octanol–water partition coefficient (Wildman–Crippen LogP) is 0.875. The number of fused-ring (bicyclic) bond motifs is 1. The van der Waals surface area contributed by atoms with Crippen LogP contribution in [0.5, 0.6) is 0 Å². The van der Waals surface area contributed by atoms with Gasteiger partial charge in [0, 0.05) is 13.1 Å². The molecule has 0 amide bonds. The molecule has 0 saturated heterocycles. The SMILES string of the molecule is CCOC(=O)c1cnn2c1NCCC2. The number of hydrogen-bond donors (Lipinski definition) is 1. The van der Waals surface area contributed by atoms with E-state index in [1.165, 1.54) is 0 Å². The maximum Gasteiger partial charge on any atom is 0.343 e. The second-order valence-corrected chi connectivity index (χ2v) is 3.13. The normalized spacial score (nSPS) is 14.4. The summed E-state index contributed by atoms with van der Waals surface area (Å²) in [5.41, 5.74) is 0.534. The van der Waals surface area contributed by atoms with Crippen LogP contribution in [0.25, 0.3) is 0 Å². The van der Waals surface area contributed by atoms with Gasteiger partial charge in [-0.25, -0.2) is 9.48 Å². The summed E-state index contributed by atoms with van der Waals surface area (Å²) in [5.74, 6) is 0.484. The highest BCUT2D eigenvalue weighted by Crippen LogP contribution is 2.19. The molecule has 0 atom stereocenters. The molecule has 2 rings (SSSR count). The molecule has 0 radical (unpaired) electrons. The highest BCUT2D eigenvalue weighted by molar-refractivity contribution is 5.94. The van der Waals surface area contributed by atoms with Gasteiger partial charge < -0.3 is 10.1 Å². The van der Waals surface area contributed by atoms with Gasteiger partial charge in [0.2, 0.25) is 0 Å². The largest absolute Gasteiger partial charge is 0.462 e. The fourth-order valence-corrected chi connectivity index (χ4v) is 1.54. The third kappa shape index (κ3) is 1.45. The molecule has 1 aromatic heterocycles. The molecule has 1 aromatic rings. The number of ether oxygens (including phenoxy) is 1. The second kappa shape index (κ2) is 3.69. The molecule has 1 aliphatic heterocycles. The predicted molar refractivity (Wildman–Crippen MR) is 51.3 cm³/mol. The van der Waals surface area contributed by atoms with E-state index in [0.717, 1.165) is 25.3 Å². The molecule has 0 bridgehead atoms. The average Bonchev–Trinajstić information content (AvgIpc) is 2.61. The van der Waals surface area contributed by atoms with Crippen LogP contribution in [-0.4, -0.2) is 28.9 Å². The van der Waals surface area contributed by atoms with E-state index in [-0.39, 0.29) is 5.97 Å². The van der Waals surface area contributed by atoms with Crippen molar-refractivity contribution in [2.45, 2.75) is 19.9 Å². The maximum atomic E-state index is 11.5. The molecule has 1 N–H and O–H groups in total. The molecule has 14 heavy (non-hydrogen) atoms. The van der Waals surface area contributed by atoms with E-state index in [0.29, 0.717) is 12.2 Å². The number of rotatable bonds is 2. The van der Waals surface area contributed by atoms with E-state index in [4.69, 9.17) is 4.74 Å². The van der Waals surface area contributed by atoms with Crippen molar-refractivity contribution in [2.24, 2.45) is 0 Å². The summed E-state index contributed by atoms with van der Waals surface area (Å²) in [6.45, 7) is 3.94. The van der Waals surface area contributed by atoms with E-state index in [1.807, 2.05) is 0 Å². The Morgan fingerprint density at radius 3 is 3.43 bits per heavy atom. The third-order valence-corrected chi connectivity index (χ3v) is 2.17. The van der Waals surface area contributed by atoms with Gasteiger partial charge >= 0.3 is 5.97 Å². The molecule has 5 nitrogen and oxygen atoms in total. The number of aromatic nitrogens is 2. The fourth-order valence-electron chi connectivity index (χ4n) is 1.54. The Kier molecular flexibility index (Phi) is 2.39. The highest BCUT2D eigenvalue weighted by atomic mass is 16.5. The first-order valence-electron chi connectivity index (χ1n) is 4.79. The zero-order chi connectivity index (χ0) is 9.97. The molecular weight excluding hydrogens is 182 g/mol. The van der Waals surface area contributed by atoms with Gasteiger partial charge in [0.15, 0.2) is 0 Å². The fraction of sp³-hybridized carbons (Fsp3) is 0.556. The maximum absolute atomic E-state index is 11.5. The Balaban J connectivity index is 2.25. The first-order chi connectivity index (χ1) is 6.83. The number of carbonyl (C=O) groups is 1. The van der Waals surface area contributed by atoms with Gasteiger partial charge in [-0.1, -0.05) is 0 Å². The Hall–Kier alpha value is -1.52. The molecule has 0 spiro atoms. The molecule has 0 aromatic carbocycles. The number of carbonyl (C=O) groups excluding carboxylic acids is 1. The standard InChI is InChI=1S/C9H13N3O2/c1-2-14-9(13)7-6-11-12-5-3-4-10-8(7)12/h6,10H,2-5H2,1H3. The molecular formula is C9H13N3O2. The lowest BCUT2D eigenvalue weighted by molar-refractivity contribution is 0.0527. The minimum absolute atomic E-state index is 0.303. The zero-order valence-electron chi connectivity index (χ0n) is 8.12. The van der Waals surface area contributed by atoms with Crippen molar-refractivity contribution in [3.05, 3.63) is 11.8 Å². The third-order valence-electron chi connectivity index (χ3n) is 2.17. The molecule has 76 valence electrons. The Bertz CT molecular complexity index is 346. The molecule has 1 aliphatic rings. The van der Waals surface area contributed by atoms with Gasteiger partial charge in [-0.15, -0.1) is 0 Å². The van der Waals surface area contributed by atoms with Crippen LogP contribution in [0, 0.1) is 0 Å². The number of hydrogen-bond acceptors (Lipinski definition) is 4. The van der Waals surface area contributed by atoms with Gasteiger partial charge in [0.25, 0.3) is 0 Å². The van der Waals surface area contributed by atoms with E-state index in [1.54, 1.807) is 17.8 Å². The van der Waals surface area contributed by atoms with Crippen LogP contribution in [0.2, 0.25) is 0 Å². The number of aryl methyl sites for hydroxylation is 1. The monoisotopic (exact) mass is 195 g/mol. The summed E-state index contributed by atoms with van der Waals surface area (Å²) < 4.78 is 6.72. The average molecular weight is 195 g/mol. The summed E-state index contributed by atoms with van der Waals surface area (Å²) >= 11 is 0. The van der Waals surface area contributed by atoms with Crippen LogP contribution in [0.4, 0.5) is 5.82 Å². The van der Waals surface area contributed by atoms with Crippen LogP contribution in [-0.2, 0) is 11.3 Å². The van der Waals surface area contributed by atoms with E-state index < -0.39 is 0 Å². The number of esters is 1. The van der Waals surface area contributed by atoms with E-state index in [9.17, 15) is 4.79 Å². The number of nitrogens with one attached hydrogen (secondary N) is 1. The van der Waals surface area contributed by atoms with Crippen molar-refractivity contribution >= 4 is 11.8 Å². The molecule has 5 heteroatoms. The van der Waals surface area contributed by atoms with Gasteiger partial charge in [-0.3, -0.25) is 0 Å². The van der Waals surface area contributed by atoms with E-state index in [2.05, 4.69) is 10.4 Å². The van der Waals surface area contributed by atoms with Crippen molar-refractivity contribution in [3.8, 4) is 0 Å². The topological polar surface area (TPSA) is 56.1 Å². The van der Waals surface area contributed by atoms with Crippen LogP contribution in [0.3, 0.4) is 0 Å². The summed E-state index contributed by atoms with van der Waals surface area (Å²) in [6, 6.07) is 0. The Labute approximate surface area is 82.0 Å². The highest BCUT2D eigenvalue weighted by Gasteiger charge is 2.20. The van der Waals surface area contributed by atoms with E-state index >= 15 is 0 Å². The smallest absolute Gasteiger partial charge is 0.343 e. The van der Waals surface area contributed by atoms with Crippen molar-refractivity contribution < 1.29 is 9.53 Å². The molecule has 0 fully saturated rings. The summed E-state index contributed by atoms with van der Waals surface area (Å²) in [6.07, 6.45) is 2.60. The molecule has 0 aliphatic carbocycles. The van der Waals surface area contributed by atoms with Gasteiger partial charge in [0.05, 0.1) is 12.8 Å². The van der Waals surface area contributed by atoms with Crippen molar-refractivity contribution in [2.75, 3.05) is 18.5 Å². The van der Waals surface area contributed by atoms with Crippen LogP contribution < -0.4 is 5.32 Å². The lowest BCUT2D eigenvalue weighted by Crippen LogP contribution is -2.19. The minimum Gasteiger partial charge on any atom is -0.462 e. The minimum atomic E-state index is -0.303. The summed E-state index contributed by atoms with van der Waals surface area (Å²) in [5, 5.41) is 7.26. The second-order valence-electron chi connectivity index (χ2n) is 3.13. The van der Waals surface area contributed by atoms with Gasteiger partial charge in [-0.2, -0.15) is 5.10 Å².